The highest BCUT2D eigenvalue weighted by Gasteiger charge is 2.12. The van der Waals surface area contributed by atoms with Gasteiger partial charge in [-0.15, -0.1) is 0 Å². The second kappa shape index (κ2) is 4.77. The molecule has 2 aromatic heterocycles. The van der Waals surface area contributed by atoms with Crippen LogP contribution >= 0.6 is 0 Å². The van der Waals surface area contributed by atoms with E-state index in [0.717, 1.165) is 44.1 Å². The predicted molar refractivity (Wildman–Crippen MR) is 89.3 cm³/mol. The first-order chi connectivity index (χ1) is 10.7. The first-order valence-corrected chi connectivity index (χ1v) is 7.06. The predicted octanol–water partition coefficient (Wildman–Crippen LogP) is 4.21. The molecule has 0 saturated heterocycles. The second-order valence-corrected chi connectivity index (χ2v) is 5.40. The molecule has 4 aromatic rings. The van der Waals surface area contributed by atoms with E-state index in [1.165, 1.54) is 0 Å². The molecule has 0 amide bonds. The summed E-state index contributed by atoms with van der Waals surface area (Å²) >= 11 is 0. The molecule has 1 N–H and O–H groups in total. The molecule has 0 bridgehead atoms. The quantitative estimate of drug-likeness (QED) is 0.600. The van der Waals surface area contributed by atoms with Gasteiger partial charge in [0.1, 0.15) is 6.33 Å². The second-order valence-electron chi connectivity index (χ2n) is 5.40. The topological polar surface area (TPSA) is 54.5 Å². The number of benzene rings is 2. The normalized spacial score (nSPS) is 11.1. The van der Waals surface area contributed by atoms with Crippen LogP contribution in [0, 0.1) is 0 Å². The Labute approximate surface area is 127 Å². The summed E-state index contributed by atoms with van der Waals surface area (Å²) in [6, 6.07) is 10.4. The minimum atomic E-state index is 0.931. The van der Waals surface area contributed by atoms with Crippen LogP contribution in [0.15, 0.2) is 55.6 Å². The molecule has 0 atom stereocenters. The van der Waals surface area contributed by atoms with Crippen molar-refractivity contribution in [3.8, 4) is 11.1 Å². The number of aromatic amines is 1. The van der Waals surface area contributed by atoms with Crippen LogP contribution < -0.4 is 0 Å². The zero-order chi connectivity index (χ0) is 15.1. The van der Waals surface area contributed by atoms with Gasteiger partial charge < -0.3 is 0 Å². The summed E-state index contributed by atoms with van der Waals surface area (Å²) in [6.07, 6.45) is 5.26. The highest BCUT2D eigenvalue weighted by atomic mass is 15.1. The Morgan fingerprint density at radius 1 is 1.14 bits per heavy atom. The molecular formula is C18H14N4. The zero-order valence-electron chi connectivity index (χ0n) is 12.2. The van der Waals surface area contributed by atoms with E-state index in [-0.39, 0.29) is 0 Å². The minimum absolute atomic E-state index is 0.931. The van der Waals surface area contributed by atoms with Gasteiger partial charge in [0, 0.05) is 22.5 Å². The lowest BCUT2D eigenvalue weighted by molar-refractivity contribution is 1.12. The van der Waals surface area contributed by atoms with E-state index in [1.54, 1.807) is 6.33 Å². The summed E-state index contributed by atoms with van der Waals surface area (Å²) in [4.78, 5) is 8.42. The SMILES string of the molecule is C=C(C)c1ccc2[nH]ncc2c1-c1ccc2cncnc2c1. The molecular weight excluding hydrogens is 272 g/mol. The number of fused-ring (bicyclic) bond motifs is 2. The summed E-state index contributed by atoms with van der Waals surface area (Å²) in [5.74, 6) is 0. The number of H-pyrrole nitrogens is 1. The highest BCUT2D eigenvalue weighted by Crippen LogP contribution is 2.35. The Hall–Kier alpha value is -3.01. The van der Waals surface area contributed by atoms with Gasteiger partial charge in [-0.2, -0.15) is 5.10 Å². The van der Waals surface area contributed by atoms with Crippen molar-refractivity contribution in [1.82, 2.24) is 20.2 Å². The van der Waals surface area contributed by atoms with Crippen LogP contribution in [0.1, 0.15) is 12.5 Å². The first-order valence-electron chi connectivity index (χ1n) is 7.06. The van der Waals surface area contributed by atoms with Crippen LogP contribution in [0.25, 0.3) is 38.5 Å². The Morgan fingerprint density at radius 2 is 2.05 bits per heavy atom. The molecule has 4 nitrogen and oxygen atoms in total. The third-order valence-corrected chi connectivity index (χ3v) is 3.88. The van der Waals surface area contributed by atoms with Crippen molar-refractivity contribution in [1.29, 1.82) is 0 Å². The highest BCUT2D eigenvalue weighted by molar-refractivity contribution is 6.01. The average molecular weight is 286 g/mol. The molecule has 0 aliphatic heterocycles. The molecule has 0 saturated carbocycles. The number of allylic oxidation sites excluding steroid dienone is 1. The molecule has 0 unspecified atom stereocenters. The van der Waals surface area contributed by atoms with Gasteiger partial charge in [0.05, 0.1) is 17.2 Å². The molecule has 0 aliphatic carbocycles. The van der Waals surface area contributed by atoms with Crippen molar-refractivity contribution >= 4 is 27.4 Å². The van der Waals surface area contributed by atoms with E-state index in [9.17, 15) is 0 Å². The van der Waals surface area contributed by atoms with Gasteiger partial charge in [-0.05, 0) is 30.2 Å². The fourth-order valence-electron chi connectivity index (χ4n) is 2.81. The largest absolute Gasteiger partial charge is 0.278 e. The van der Waals surface area contributed by atoms with Crippen LogP contribution in [-0.2, 0) is 0 Å². The van der Waals surface area contributed by atoms with Gasteiger partial charge in [0.15, 0.2) is 0 Å². The molecule has 0 aliphatic rings. The monoisotopic (exact) mass is 286 g/mol. The van der Waals surface area contributed by atoms with Gasteiger partial charge in [0.25, 0.3) is 0 Å². The van der Waals surface area contributed by atoms with Gasteiger partial charge in [-0.25, -0.2) is 9.97 Å². The number of hydrogen-bond donors (Lipinski definition) is 1. The Kier molecular flexibility index (Phi) is 2.76. The molecule has 4 rings (SSSR count). The van der Waals surface area contributed by atoms with Crippen molar-refractivity contribution in [2.75, 3.05) is 0 Å². The smallest absolute Gasteiger partial charge is 0.116 e. The molecule has 2 aromatic carbocycles. The van der Waals surface area contributed by atoms with E-state index in [0.29, 0.717) is 0 Å². The third-order valence-electron chi connectivity index (χ3n) is 3.88. The average Bonchev–Trinajstić information content (AvgIpc) is 3.02. The van der Waals surface area contributed by atoms with Gasteiger partial charge in [-0.1, -0.05) is 30.4 Å². The van der Waals surface area contributed by atoms with Crippen LogP contribution in [-0.4, -0.2) is 20.2 Å². The molecule has 4 heteroatoms. The van der Waals surface area contributed by atoms with Crippen LogP contribution in [0.4, 0.5) is 0 Å². The number of nitrogens with zero attached hydrogens (tertiary/aromatic N) is 3. The maximum absolute atomic E-state index is 4.35. The molecule has 0 fully saturated rings. The summed E-state index contributed by atoms with van der Waals surface area (Å²) in [5.41, 5.74) is 6.35. The van der Waals surface area contributed by atoms with Crippen molar-refractivity contribution in [3.05, 3.63) is 61.2 Å². The van der Waals surface area contributed by atoms with Crippen LogP contribution in [0.2, 0.25) is 0 Å². The van der Waals surface area contributed by atoms with Gasteiger partial charge in [0.2, 0.25) is 0 Å². The van der Waals surface area contributed by atoms with Crippen molar-refractivity contribution in [2.45, 2.75) is 6.92 Å². The van der Waals surface area contributed by atoms with Gasteiger partial charge >= 0.3 is 0 Å². The van der Waals surface area contributed by atoms with Gasteiger partial charge in [-0.3, -0.25) is 5.10 Å². The van der Waals surface area contributed by atoms with E-state index >= 15 is 0 Å². The molecule has 0 spiro atoms. The summed E-state index contributed by atoms with van der Waals surface area (Å²) < 4.78 is 0. The third kappa shape index (κ3) is 1.89. The minimum Gasteiger partial charge on any atom is -0.278 e. The van der Waals surface area contributed by atoms with E-state index in [1.807, 2.05) is 31.5 Å². The Balaban J connectivity index is 2.07. The van der Waals surface area contributed by atoms with Crippen molar-refractivity contribution in [2.24, 2.45) is 0 Å². The maximum Gasteiger partial charge on any atom is 0.116 e. The number of aromatic nitrogens is 4. The lowest BCUT2D eigenvalue weighted by Crippen LogP contribution is -1.89. The zero-order valence-corrected chi connectivity index (χ0v) is 12.2. The van der Waals surface area contributed by atoms with Crippen molar-refractivity contribution in [3.63, 3.8) is 0 Å². The summed E-state index contributed by atoms with van der Waals surface area (Å²) in [5, 5.41) is 9.32. The molecule has 106 valence electrons. The Morgan fingerprint density at radius 3 is 2.91 bits per heavy atom. The summed E-state index contributed by atoms with van der Waals surface area (Å²) in [6.45, 7) is 6.13. The number of rotatable bonds is 2. The van der Waals surface area contributed by atoms with Crippen molar-refractivity contribution < 1.29 is 0 Å². The molecule has 2 heterocycles. The number of hydrogen-bond acceptors (Lipinski definition) is 3. The molecule has 0 radical (unpaired) electrons. The Bertz CT molecular complexity index is 1010. The lowest BCUT2D eigenvalue weighted by atomic mass is 9.92. The number of nitrogens with one attached hydrogen (secondary N) is 1. The van der Waals surface area contributed by atoms with E-state index < -0.39 is 0 Å². The van der Waals surface area contributed by atoms with Crippen LogP contribution in [0.5, 0.6) is 0 Å². The first kappa shape index (κ1) is 12.7. The lowest BCUT2D eigenvalue weighted by Gasteiger charge is -2.11. The summed E-state index contributed by atoms with van der Waals surface area (Å²) in [7, 11) is 0. The maximum atomic E-state index is 4.35. The van der Waals surface area contributed by atoms with E-state index in [4.69, 9.17) is 0 Å². The molecule has 22 heavy (non-hydrogen) atoms. The fourth-order valence-corrected chi connectivity index (χ4v) is 2.81. The standard InChI is InChI=1S/C18H14N4/c1-11(2)14-5-6-16-15(9-21-22-16)18(14)12-3-4-13-8-19-10-20-17(13)7-12/h3-10H,1H2,2H3,(H,21,22). The fraction of sp³-hybridized carbons (Fsp3) is 0.0556. The van der Waals surface area contributed by atoms with Crippen LogP contribution in [0.3, 0.4) is 0 Å². The van der Waals surface area contributed by atoms with E-state index in [2.05, 4.69) is 44.9 Å².